The van der Waals surface area contributed by atoms with Crippen LogP contribution in [0, 0.1) is 13.8 Å². The number of anilines is 3. The Hall–Kier alpha value is -3.16. The number of ketones is 1. The zero-order valence-corrected chi connectivity index (χ0v) is 19.8. The number of rotatable bonds is 7. The third-order valence-electron chi connectivity index (χ3n) is 4.68. The molecule has 0 atom stereocenters. The van der Waals surface area contributed by atoms with Crippen molar-refractivity contribution in [2.75, 3.05) is 21.7 Å². The molecule has 164 valence electrons. The van der Waals surface area contributed by atoms with Gasteiger partial charge in [0.1, 0.15) is 0 Å². The third kappa shape index (κ3) is 6.93. The highest BCUT2D eigenvalue weighted by Gasteiger charge is 2.07. The smallest absolute Gasteiger partial charge is 0.234 e. The maximum Gasteiger partial charge on any atom is 0.234 e. The molecule has 0 aliphatic heterocycles. The lowest BCUT2D eigenvalue weighted by Crippen LogP contribution is -2.19. The van der Waals surface area contributed by atoms with Crippen LogP contribution >= 0.6 is 24.0 Å². The fourth-order valence-corrected chi connectivity index (χ4v) is 3.94. The van der Waals surface area contributed by atoms with E-state index in [1.165, 1.54) is 18.7 Å². The number of thiocarbonyl (C=S) groups is 1. The fourth-order valence-electron chi connectivity index (χ4n) is 2.95. The van der Waals surface area contributed by atoms with Crippen LogP contribution in [0.4, 0.5) is 17.1 Å². The van der Waals surface area contributed by atoms with Gasteiger partial charge in [-0.1, -0.05) is 18.2 Å². The van der Waals surface area contributed by atoms with Gasteiger partial charge < -0.3 is 16.0 Å². The second-order valence-electron chi connectivity index (χ2n) is 7.40. The predicted octanol–water partition coefficient (Wildman–Crippen LogP) is 6.05. The second kappa shape index (κ2) is 10.9. The molecule has 3 rings (SSSR count). The highest BCUT2D eigenvalue weighted by molar-refractivity contribution is 8.00. The van der Waals surface area contributed by atoms with Crippen LogP contribution in [0.25, 0.3) is 0 Å². The van der Waals surface area contributed by atoms with Crippen molar-refractivity contribution in [3.63, 3.8) is 0 Å². The molecule has 3 N–H and O–H groups in total. The van der Waals surface area contributed by atoms with Crippen LogP contribution < -0.4 is 16.0 Å². The normalized spacial score (nSPS) is 10.3. The molecule has 5 nitrogen and oxygen atoms in total. The summed E-state index contributed by atoms with van der Waals surface area (Å²) in [5, 5.41) is 9.67. The number of aryl methyl sites for hydroxylation is 2. The summed E-state index contributed by atoms with van der Waals surface area (Å²) in [6, 6.07) is 20.9. The van der Waals surface area contributed by atoms with Gasteiger partial charge in [0.15, 0.2) is 10.9 Å². The van der Waals surface area contributed by atoms with Crippen LogP contribution in [0.1, 0.15) is 28.4 Å². The van der Waals surface area contributed by atoms with E-state index in [1.807, 2.05) is 68.4 Å². The molecule has 0 spiro atoms. The Morgan fingerprint density at radius 2 is 1.59 bits per heavy atom. The minimum Gasteiger partial charge on any atom is -0.332 e. The average molecular weight is 464 g/mol. The van der Waals surface area contributed by atoms with Crippen molar-refractivity contribution in [1.29, 1.82) is 0 Å². The van der Waals surface area contributed by atoms with Gasteiger partial charge in [0.05, 0.1) is 5.75 Å². The van der Waals surface area contributed by atoms with Crippen LogP contribution in [0.5, 0.6) is 0 Å². The monoisotopic (exact) mass is 463 g/mol. The number of amides is 1. The summed E-state index contributed by atoms with van der Waals surface area (Å²) in [4.78, 5) is 24.7. The summed E-state index contributed by atoms with van der Waals surface area (Å²) in [5.74, 6) is 0.282. The number of hydrogen-bond acceptors (Lipinski definition) is 4. The Bertz CT molecular complexity index is 1140. The molecule has 1 amide bonds. The molecular formula is C25H25N3O2S2. The molecule has 0 saturated heterocycles. The fraction of sp³-hybridized carbons (Fsp3) is 0.160. The Morgan fingerprint density at radius 3 is 2.31 bits per heavy atom. The van der Waals surface area contributed by atoms with Gasteiger partial charge >= 0.3 is 0 Å². The van der Waals surface area contributed by atoms with E-state index < -0.39 is 0 Å². The summed E-state index contributed by atoms with van der Waals surface area (Å²) in [6.45, 7) is 5.52. The largest absolute Gasteiger partial charge is 0.332 e. The number of benzene rings is 3. The van der Waals surface area contributed by atoms with Crippen LogP contribution in [-0.4, -0.2) is 22.6 Å². The first-order chi connectivity index (χ1) is 15.3. The average Bonchev–Trinajstić information content (AvgIpc) is 2.75. The standard InChI is InChI=1S/C25H25N3O2S2/c1-16-7-8-17(2)23(13-16)28-24(30)15-32-22-6-4-5-21(14-22)27-25(31)26-20-11-9-19(10-12-20)18(3)29/h4-14H,15H2,1-3H3,(H,28,30)(H2,26,27,31). The molecule has 7 heteroatoms. The summed E-state index contributed by atoms with van der Waals surface area (Å²) in [6.07, 6.45) is 0. The van der Waals surface area contributed by atoms with E-state index in [0.29, 0.717) is 16.4 Å². The molecule has 0 aliphatic carbocycles. The number of thioether (sulfide) groups is 1. The topological polar surface area (TPSA) is 70.2 Å². The Kier molecular flexibility index (Phi) is 8.03. The highest BCUT2D eigenvalue weighted by atomic mass is 32.2. The van der Waals surface area contributed by atoms with Gasteiger partial charge in [-0.15, -0.1) is 11.8 Å². The summed E-state index contributed by atoms with van der Waals surface area (Å²) in [5.41, 5.74) is 5.26. The van der Waals surface area contributed by atoms with Gasteiger partial charge in [-0.05, 0) is 92.6 Å². The van der Waals surface area contributed by atoms with Crippen molar-refractivity contribution in [2.24, 2.45) is 0 Å². The number of carbonyl (C=O) groups excluding carboxylic acids is 2. The molecule has 32 heavy (non-hydrogen) atoms. The zero-order chi connectivity index (χ0) is 23.1. The van der Waals surface area contributed by atoms with Crippen LogP contribution in [0.15, 0.2) is 71.6 Å². The minimum atomic E-state index is -0.0479. The van der Waals surface area contributed by atoms with Crippen molar-refractivity contribution in [3.8, 4) is 0 Å². The van der Waals surface area contributed by atoms with Gasteiger partial charge in [-0.2, -0.15) is 0 Å². The predicted molar refractivity (Wildman–Crippen MR) is 138 cm³/mol. The first-order valence-electron chi connectivity index (χ1n) is 10.1. The molecule has 0 bridgehead atoms. The first kappa shape index (κ1) is 23.5. The van der Waals surface area contributed by atoms with Gasteiger partial charge in [0, 0.05) is 27.5 Å². The molecule has 3 aromatic rings. The maximum absolute atomic E-state index is 12.4. The number of hydrogen-bond donors (Lipinski definition) is 3. The molecule has 0 fully saturated rings. The summed E-state index contributed by atoms with van der Waals surface area (Å²) in [7, 11) is 0. The molecular weight excluding hydrogens is 438 g/mol. The first-order valence-corrected chi connectivity index (χ1v) is 11.5. The Morgan fingerprint density at radius 1 is 0.875 bits per heavy atom. The Balaban J connectivity index is 1.53. The SMILES string of the molecule is CC(=O)c1ccc(NC(=S)Nc2cccc(SCC(=O)Nc3cc(C)ccc3C)c2)cc1. The molecule has 3 aromatic carbocycles. The highest BCUT2D eigenvalue weighted by Crippen LogP contribution is 2.23. The number of Topliss-reactive ketones (excluding diaryl/α,β-unsaturated/α-hetero) is 1. The van der Waals surface area contributed by atoms with E-state index in [4.69, 9.17) is 12.2 Å². The lowest BCUT2D eigenvalue weighted by molar-refractivity contribution is -0.113. The summed E-state index contributed by atoms with van der Waals surface area (Å²) >= 11 is 6.85. The van der Waals surface area contributed by atoms with Crippen molar-refractivity contribution in [2.45, 2.75) is 25.7 Å². The van der Waals surface area contributed by atoms with E-state index in [0.717, 1.165) is 33.1 Å². The van der Waals surface area contributed by atoms with Crippen LogP contribution in [0.2, 0.25) is 0 Å². The van der Waals surface area contributed by atoms with E-state index in [-0.39, 0.29) is 11.7 Å². The van der Waals surface area contributed by atoms with E-state index in [9.17, 15) is 9.59 Å². The van der Waals surface area contributed by atoms with E-state index in [1.54, 1.807) is 12.1 Å². The zero-order valence-electron chi connectivity index (χ0n) is 18.2. The molecule has 0 heterocycles. The van der Waals surface area contributed by atoms with Crippen molar-refractivity contribution < 1.29 is 9.59 Å². The number of nitrogens with one attached hydrogen (secondary N) is 3. The number of carbonyl (C=O) groups is 2. The van der Waals surface area contributed by atoms with Gasteiger partial charge in [-0.3, -0.25) is 9.59 Å². The Labute approximate surface area is 198 Å². The lowest BCUT2D eigenvalue weighted by atomic mass is 10.1. The van der Waals surface area contributed by atoms with Gasteiger partial charge in [0.25, 0.3) is 0 Å². The molecule has 0 saturated carbocycles. The molecule has 0 aliphatic rings. The summed E-state index contributed by atoms with van der Waals surface area (Å²) < 4.78 is 0. The van der Waals surface area contributed by atoms with Crippen molar-refractivity contribution in [1.82, 2.24) is 0 Å². The molecule has 0 aromatic heterocycles. The van der Waals surface area contributed by atoms with Crippen LogP contribution in [0.3, 0.4) is 0 Å². The van der Waals surface area contributed by atoms with Gasteiger partial charge in [-0.25, -0.2) is 0 Å². The van der Waals surface area contributed by atoms with Crippen molar-refractivity contribution >= 4 is 57.8 Å². The maximum atomic E-state index is 12.4. The molecule has 0 unspecified atom stereocenters. The quantitative estimate of drug-likeness (QED) is 0.225. The van der Waals surface area contributed by atoms with Crippen molar-refractivity contribution in [3.05, 3.63) is 83.4 Å². The lowest BCUT2D eigenvalue weighted by Gasteiger charge is -2.12. The van der Waals surface area contributed by atoms with Gasteiger partial charge in [0.2, 0.25) is 5.91 Å². The minimum absolute atomic E-state index is 0.0225. The van der Waals surface area contributed by atoms with Crippen LogP contribution in [-0.2, 0) is 4.79 Å². The third-order valence-corrected chi connectivity index (χ3v) is 5.88. The van der Waals surface area contributed by atoms with E-state index >= 15 is 0 Å². The molecule has 0 radical (unpaired) electrons. The van der Waals surface area contributed by atoms with E-state index in [2.05, 4.69) is 16.0 Å². The second-order valence-corrected chi connectivity index (χ2v) is 8.85.